The quantitative estimate of drug-likeness (QED) is 0.661. The van der Waals surface area contributed by atoms with E-state index in [1.54, 1.807) is 0 Å². The highest BCUT2D eigenvalue weighted by molar-refractivity contribution is 14.1. The van der Waals surface area contributed by atoms with Gasteiger partial charge in [-0.2, -0.15) is 10.2 Å². The Morgan fingerprint density at radius 2 is 2.07 bits per heavy atom. The highest BCUT2D eigenvalue weighted by Gasteiger charge is 2.10. The first-order chi connectivity index (χ1) is 7.16. The van der Waals surface area contributed by atoms with E-state index in [-0.39, 0.29) is 0 Å². The van der Waals surface area contributed by atoms with Crippen molar-refractivity contribution in [2.24, 2.45) is 10.2 Å². The van der Waals surface area contributed by atoms with Crippen molar-refractivity contribution in [1.29, 1.82) is 0 Å². The maximum Gasteiger partial charge on any atom is 0.0706 e. The minimum atomic E-state index is 0.993. The molecule has 1 aromatic carbocycles. The van der Waals surface area contributed by atoms with Gasteiger partial charge in [-0.15, -0.1) is 0 Å². The zero-order chi connectivity index (χ0) is 10.8. The Hall–Kier alpha value is -0.230. The number of halogens is 2. The van der Waals surface area contributed by atoms with Gasteiger partial charge in [0, 0.05) is 13.8 Å². The molecule has 0 amide bonds. The van der Waals surface area contributed by atoms with Gasteiger partial charge in [-0.1, -0.05) is 6.07 Å². The Bertz CT molecular complexity index is 452. The lowest BCUT2D eigenvalue weighted by Gasteiger charge is -2.10. The van der Waals surface area contributed by atoms with E-state index in [0.29, 0.717) is 0 Å². The van der Waals surface area contributed by atoms with Gasteiger partial charge in [-0.3, -0.25) is 0 Å². The molecule has 0 atom stereocenters. The van der Waals surface area contributed by atoms with Crippen LogP contribution in [-0.4, -0.2) is 11.4 Å². The van der Waals surface area contributed by atoms with Gasteiger partial charge in [0.2, 0.25) is 0 Å². The first kappa shape index (κ1) is 11.3. The van der Waals surface area contributed by atoms with Gasteiger partial charge in [0.05, 0.1) is 5.71 Å². The lowest BCUT2D eigenvalue weighted by molar-refractivity contribution is 1.03. The molecule has 1 heterocycles. The Morgan fingerprint density at radius 3 is 2.67 bits per heavy atom. The highest BCUT2D eigenvalue weighted by Crippen LogP contribution is 2.22. The second-order valence-electron chi connectivity index (χ2n) is 3.51. The van der Waals surface area contributed by atoms with Crippen LogP contribution < -0.4 is 0 Å². The Kier molecular flexibility index (Phi) is 3.56. The zero-order valence-corrected chi connectivity index (χ0v) is 12.0. The van der Waals surface area contributed by atoms with E-state index >= 15 is 0 Å². The molecule has 0 saturated heterocycles. The molecular formula is C11H10BrIN2. The number of nitrogens with zero attached hydrogens (tertiary/aromatic N) is 2. The van der Waals surface area contributed by atoms with Crippen molar-refractivity contribution in [3.8, 4) is 0 Å². The number of hydrogen-bond acceptors (Lipinski definition) is 2. The molecule has 2 rings (SSSR count). The van der Waals surface area contributed by atoms with Crippen LogP contribution in [-0.2, 0) is 0 Å². The van der Waals surface area contributed by atoms with Crippen molar-refractivity contribution in [2.75, 3.05) is 0 Å². The fourth-order valence-electron chi connectivity index (χ4n) is 1.42. The largest absolute Gasteiger partial charge is 0.160 e. The molecular weight excluding hydrogens is 367 g/mol. The summed E-state index contributed by atoms with van der Waals surface area (Å²) >= 11 is 5.80. The lowest BCUT2D eigenvalue weighted by atomic mass is 10.0. The molecule has 0 spiro atoms. The second-order valence-corrected chi connectivity index (χ2v) is 5.53. The van der Waals surface area contributed by atoms with Gasteiger partial charge in [0.25, 0.3) is 0 Å². The van der Waals surface area contributed by atoms with Gasteiger partial charge in [0.1, 0.15) is 0 Å². The summed E-state index contributed by atoms with van der Waals surface area (Å²) in [5, 5.41) is 8.37. The molecule has 0 bridgehead atoms. The van der Waals surface area contributed by atoms with Crippen LogP contribution >= 0.6 is 38.5 Å². The van der Waals surface area contributed by atoms with Gasteiger partial charge in [-0.05, 0) is 76.0 Å². The van der Waals surface area contributed by atoms with Crippen molar-refractivity contribution in [2.45, 2.75) is 19.8 Å². The third kappa shape index (κ3) is 2.66. The minimum absolute atomic E-state index is 0.993. The van der Waals surface area contributed by atoms with E-state index in [2.05, 4.69) is 66.9 Å². The summed E-state index contributed by atoms with van der Waals surface area (Å²) < 4.78 is 2.34. The maximum absolute atomic E-state index is 4.24. The summed E-state index contributed by atoms with van der Waals surface area (Å²) in [6, 6.07) is 6.28. The van der Waals surface area contributed by atoms with Crippen molar-refractivity contribution >= 4 is 49.9 Å². The Balaban J connectivity index is 2.35. The topological polar surface area (TPSA) is 24.7 Å². The van der Waals surface area contributed by atoms with Crippen molar-refractivity contribution in [3.63, 3.8) is 0 Å². The Labute approximate surface area is 111 Å². The Morgan fingerprint density at radius 1 is 1.27 bits per heavy atom. The number of benzene rings is 1. The molecule has 0 fully saturated rings. The monoisotopic (exact) mass is 376 g/mol. The van der Waals surface area contributed by atoms with Crippen LogP contribution in [0.5, 0.6) is 0 Å². The van der Waals surface area contributed by atoms with Crippen LogP contribution in [0.25, 0.3) is 0 Å². The van der Waals surface area contributed by atoms with Crippen LogP contribution in [0.2, 0.25) is 0 Å². The van der Waals surface area contributed by atoms with Crippen LogP contribution in [0, 0.1) is 3.57 Å². The van der Waals surface area contributed by atoms with E-state index < -0.39 is 0 Å². The molecule has 1 aliphatic rings. The summed E-state index contributed by atoms with van der Waals surface area (Å²) in [7, 11) is 0. The molecule has 0 radical (unpaired) electrons. The van der Waals surface area contributed by atoms with Gasteiger partial charge in [-0.25, -0.2) is 0 Å². The molecule has 1 aliphatic heterocycles. The van der Waals surface area contributed by atoms with Crippen LogP contribution in [0.3, 0.4) is 0 Å². The summed E-state index contributed by atoms with van der Waals surface area (Å²) in [6.07, 6.45) is 2.01. The highest BCUT2D eigenvalue weighted by atomic mass is 127. The van der Waals surface area contributed by atoms with Gasteiger partial charge < -0.3 is 0 Å². The molecule has 4 heteroatoms. The summed E-state index contributed by atoms with van der Waals surface area (Å²) in [6.45, 7) is 2.02. The molecule has 0 saturated carbocycles. The molecule has 1 aromatic rings. The van der Waals surface area contributed by atoms with Crippen LogP contribution in [0.1, 0.15) is 25.3 Å². The minimum Gasteiger partial charge on any atom is -0.160 e. The van der Waals surface area contributed by atoms with Crippen molar-refractivity contribution < 1.29 is 0 Å². The summed E-state index contributed by atoms with van der Waals surface area (Å²) in [4.78, 5) is 0. The van der Waals surface area contributed by atoms with Gasteiger partial charge >= 0.3 is 0 Å². The predicted molar refractivity (Wildman–Crippen MR) is 75.7 cm³/mol. The molecule has 78 valence electrons. The van der Waals surface area contributed by atoms with Crippen LogP contribution in [0.15, 0.2) is 32.9 Å². The fourth-order valence-corrected chi connectivity index (χ4v) is 2.18. The molecule has 15 heavy (non-hydrogen) atoms. The smallest absolute Gasteiger partial charge is 0.0706 e. The third-order valence-electron chi connectivity index (χ3n) is 2.32. The maximum atomic E-state index is 4.24. The van der Waals surface area contributed by atoms with E-state index in [1.807, 2.05) is 6.92 Å². The van der Waals surface area contributed by atoms with Crippen LogP contribution in [0.4, 0.5) is 0 Å². The van der Waals surface area contributed by atoms with Crippen molar-refractivity contribution in [3.05, 3.63) is 31.8 Å². The molecule has 0 aromatic heterocycles. The summed E-state index contributed by atoms with van der Waals surface area (Å²) in [5.41, 5.74) is 3.38. The average molecular weight is 377 g/mol. The first-order valence-corrected chi connectivity index (χ1v) is 6.59. The van der Waals surface area contributed by atoms with E-state index in [0.717, 1.165) is 28.7 Å². The molecule has 2 nitrogen and oxygen atoms in total. The predicted octanol–water partition coefficient (Wildman–Crippen LogP) is 4.01. The molecule has 0 N–H and O–H groups in total. The van der Waals surface area contributed by atoms with Crippen molar-refractivity contribution in [1.82, 2.24) is 0 Å². The second kappa shape index (κ2) is 4.74. The molecule has 0 unspecified atom stereocenters. The molecule has 0 aliphatic carbocycles. The fraction of sp³-hybridized carbons (Fsp3) is 0.273. The SMILES string of the molecule is CC1=NN=C(c2ccc(Br)c(I)c2)CC1. The number of hydrogen-bond donors (Lipinski definition) is 0. The number of rotatable bonds is 1. The summed E-state index contributed by atoms with van der Waals surface area (Å²) in [5.74, 6) is 0. The van der Waals surface area contributed by atoms with E-state index in [1.165, 1.54) is 9.13 Å². The third-order valence-corrected chi connectivity index (χ3v) is 4.64. The standard InChI is InChI=1S/C11H10BrIN2/c1-7-2-5-11(15-14-7)8-3-4-9(12)10(13)6-8/h3-4,6H,2,5H2,1H3. The average Bonchev–Trinajstić information content (AvgIpc) is 2.23. The normalized spacial score (nSPS) is 15.9. The van der Waals surface area contributed by atoms with E-state index in [4.69, 9.17) is 0 Å². The lowest BCUT2D eigenvalue weighted by Crippen LogP contribution is -2.08. The first-order valence-electron chi connectivity index (χ1n) is 4.72. The van der Waals surface area contributed by atoms with E-state index in [9.17, 15) is 0 Å². The van der Waals surface area contributed by atoms with Gasteiger partial charge in [0.15, 0.2) is 0 Å². The zero-order valence-electron chi connectivity index (χ0n) is 8.30.